The van der Waals surface area contributed by atoms with Crippen molar-refractivity contribution >= 4 is 11.6 Å². The van der Waals surface area contributed by atoms with E-state index in [1.54, 1.807) is 6.07 Å². The van der Waals surface area contributed by atoms with Crippen LogP contribution in [0.3, 0.4) is 0 Å². The fourth-order valence-electron chi connectivity index (χ4n) is 1.66. The van der Waals surface area contributed by atoms with Crippen LogP contribution in [0.15, 0.2) is 12.4 Å². The third kappa shape index (κ3) is 1.93. The molecule has 0 radical (unpaired) electrons. The Hall–Kier alpha value is -1.36. The van der Waals surface area contributed by atoms with E-state index in [4.69, 9.17) is 11.5 Å². The minimum Gasteiger partial charge on any atom is -0.384 e. The molecule has 0 spiro atoms. The number of aromatic nitrogens is 2. The van der Waals surface area contributed by atoms with Crippen LogP contribution >= 0.6 is 0 Å². The summed E-state index contributed by atoms with van der Waals surface area (Å²) in [5.74, 6) is 1.43. The molecule has 1 aliphatic rings. The molecule has 0 atom stereocenters. The van der Waals surface area contributed by atoms with Crippen LogP contribution in [0.1, 0.15) is 12.8 Å². The number of nitrogens with zero attached hydrogens (tertiary/aromatic N) is 3. The van der Waals surface area contributed by atoms with E-state index in [0.717, 1.165) is 31.7 Å². The maximum absolute atomic E-state index is 5.82. The second-order valence-electron chi connectivity index (χ2n) is 3.63. The van der Waals surface area contributed by atoms with Gasteiger partial charge in [-0.3, -0.25) is 0 Å². The van der Waals surface area contributed by atoms with Crippen molar-refractivity contribution in [1.29, 1.82) is 0 Å². The monoisotopic (exact) mass is 193 g/mol. The highest BCUT2D eigenvalue weighted by Crippen LogP contribution is 2.17. The summed E-state index contributed by atoms with van der Waals surface area (Å²) in [6.07, 6.45) is 3.53. The number of rotatable bonds is 1. The third-order valence-electron chi connectivity index (χ3n) is 2.54. The Morgan fingerprint density at radius 1 is 1.29 bits per heavy atom. The van der Waals surface area contributed by atoms with Crippen LogP contribution in [0, 0.1) is 0 Å². The van der Waals surface area contributed by atoms with Gasteiger partial charge in [-0.05, 0) is 12.8 Å². The van der Waals surface area contributed by atoms with Crippen LogP contribution in [0.5, 0.6) is 0 Å². The fourth-order valence-corrected chi connectivity index (χ4v) is 1.66. The maximum atomic E-state index is 5.82. The highest BCUT2D eigenvalue weighted by molar-refractivity contribution is 5.46. The summed E-state index contributed by atoms with van der Waals surface area (Å²) < 4.78 is 0. The molecule has 14 heavy (non-hydrogen) atoms. The van der Waals surface area contributed by atoms with Crippen molar-refractivity contribution in [3.05, 3.63) is 12.4 Å². The molecule has 1 fully saturated rings. The molecule has 1 aromatic heterocycles. The van der Waals surface area contributed by atoms with Crippen molar-refractivity contribution in [1.82, 2.24) is 9.97 Å². The van der Waals surface area contributed by atoms with E-state index >= 15 is 0 Å². The van der Waals surface area contributed by atoms with Gasteiger partial charge in [0.2, 0.25) is 0 Å². The molecule has 4 N–H and O–H groups in total. The van der Waals surface area contributed by atoms with Crippen LogP contribution in [0.2, 0.25) is 0 Å². The second kappa shape index (κ2) is 3.79. The quantitative estimate of drug-likeness (QED) is 0.655. The Balaban J connectivity index is 2.08. The van der Waals surface area contributed by atoms with E-state index in [1.807, 2.05) is 0 Å². The molecular formula is C9H15N5. The van der Waals surface area contributed by atoms with Gasteiger partial charge < -0.3 is 16.4 Å². The maximum Gasteiger partial charge on any atom is 0.134 e. The van der Waals surface area contributed by atoms with E-state index in [-0.39, 0.29) is 0 Å². The minimum absolute atomic E-state index is 0.338. The van der Waals surface area contributed by atoms with Gasteiger partial charge in [-0.15, -0.1) is 0 Å². The zero-order valence-corrected chi connectivity index (χ0v) is 8.06. The lowest BCUT2D eigenvalue weighted by atomic mass is 10.1. The average Bonchev–Trinajstić information content (AvgIpc) is 2.19. The van der Waals surface area contributed by atoms with Crippen molar-refractivity contribution in [2.24, 2.45) is 5.73 Å². The van der Waals surface area contributed by atoms with Gasteiger partial charge in [0, 0.05) is 25.2 Å². The van der Waals surface area contributed by atoms with Crippen LogP contribution in [-0.2, 0) is 0 Å². The molecule has 5 nitrogen and oxygen atoms in total. The molecule has 0 saturated carbocycles. The van der Waals surface area contributed by atoms with E-state index in [0.29, 0.717) is 11.9 Å². The zero-order chi connectivity index (χ0) is 9.97. The average molecular weight is 193 g/mol. The zero-order valence-electron chi connectivity index (χ0n) is 8.06. The number of nitrogens with two attached hydrogens (primary N) is 2. The Kier molecular flexibility index (Phi) is 2.49. The lowest BCUT2D eigenvalue weighted by molar-refractivity contribution is 0.498. The number of nitrogen functional groups attached to an aromatic ring is 1. The van der Waals surface area contributed by atoms with Gasteiger partial charge in [-0.2, -0.15) is 0 Å². The van der Waals surface area contributed by atoms with Crippen molar-refractivity contribution < 1.29 is 0 Å². The van der Waals surface area contributed by atoms with Crippen LogP contribution in [-0.4, -0.2) is 29.1 Å². The lowest BCUT2D eigenvalue weighted by Gasteiger charge is -2.30. The summed E-state index contributed by atoms with van der Waals surface area (Å²) >= 11 is 0. The van der Waals surface area contributed by atoms with Crippen molar-refractivity contribution in [2.75, 3.05) is 23.7 Å². The van der Waals surface area contributed by atoms with Gasteiger partial charge in [-0.1, -0.05) is 0 Å². The Labute approximate surface area is 83.1 Å². The van der Waals surface area contributed by atoms with E-state index in [9.17, 15) is 0 Å². The summed E-state index contributed by atoms with van der Waals surface area (Å²) in [5.41, 5.74) is 11.4. The molecule has 0 aliphatic carbocycles. The van der Waals surface area contributed by atoms with Crippen molar-refractivity contribution in [3.8, 4) is 0 Å². The van der Waals surface area contributed by atoms with Crippen LogP contribution in [0.25, 0.3) is 0 Å². The van der Waals surface area contributed by atoms with Crippen LogP contribution < -0.4 is 16.4 Å². The van der Waals surface area contributed by atoms with Gasteiger partial charge in [0.15, 0.2) is 0 Å². The molecule has 0 bridgehead atoms. The lowest BCUT2D eigenvalue weighted by Crippen LogP contribution is -2.40. The molecular weight excluding hydrogens is 178 g/mol. The van der Waals surface area contributed by atoms with Crippen LogP contribution in [0.4, 0.5) is 11.6 Å². The Morgan fingerprint density at radius 2 is 2.00 bits per heavy atom. The standard InChI is InChI=1S/C9H15N5/c10-7-1-3-14(4-2-7)9-5-8(11)12-6-13-9/h5-7H,1-4,10H2,(H2,11,12,13). The van der Waals surface area contributed by atoms with E-state index in [1.165, 1.54) is 6.33 Å². The van der Waals surface area contributed by atoms with Crippen molar-refractivity contribution in [3.63, 3.8) is 0 Å². The normalized spacial score (nSPS) is 18.5. The summed E-state index contributed by atoms with van der Waals surface area (Å²) in [7, 11) is 0. The highest BCUT2D eigenvalue weighted by Gasteiger charge is 2.17. The molecule has 1 aliphatic heterocycles. The van der Waals surface area contributed by atoms with Gasteiger partial charge in [-0.25, -0.2) is 9.97 Å². The molecule has 1 saturated heterocycles. The molecule has 1 aromatic rings. The summed E-state index contributed by atoms with van der Waals surface area (Å²) in [5, 5.41) is 0. The number of piperidine rings is 1. The smallest absolute Gasteiger partial charge is 0.134 e. The Morgan fingerprint density at radius 3 is 2.64 bits per heavy atom. The first-order valence-corrected chi connectivity index (χ1v) is 4.84. The summed E-state index contributed by atoms with van der Waals surface area (Å²) in [6, 6.07) is 2.14. The number of anilines is 2. The molecule has 0 amide bonds. The topological polar surface area (TPSA) is 81.1 Å². The largest absolute Gasteiger partial charge is 0.384 e. The minimum atomic E-state index is 0.338. The first kappa shape index (κ1) is 9.21. The molecule has 2 heterocycles. The number of hydrogen-bond donors (Lipinski definition) is 2. The predicted octanol–water partition coefficient (Wildman–Crippen LogP) is -0.0137. The summed E-state index contributed by atoms with van der Waals surface area (Å²) in [6.45, 7) is 1.91. The molecule has 5 heteroatoms. The first-order chi connectivity index (χ1) is 6.75. The molecule has 2 rings (SSSR count). The second-order valence-corrected chi connectivity index (χ2v) is 3.63. The third-order valence-corrected chi connectivity index (χ3v) is 2.54. The van der Waals surface area contributed by atoms with Gasteiger partial charge in [0.05, 0.1) is 0 Å². The van der Waals surface area contributed by atoms with Gasteiger partial charge >= 0.3 is 0 Å². The highest BCUT2D eigenvalue weighted by atomic mass is 15.2. The van der Waals surface area contributed by atoms with E-state index < -0.39 is 0 Å². The SMILES string of the molecule is Nc1cc(N2CCC(N)CC2)ncn1. The van der Waals surface area contributed by atoms with Gasteiger partial charge in [0.25, 0.3) is 0 Å². The van der Waals surface area contributed by atoms with E-state index in [2.05, 4.69) is 14.9 Å². The fraction of sp³-hybridized carbons (Fsp3) is 0.556. The van der Waals surface area contributed by atoms with Crippen molar-refractivity contribution in [2.45, 2.75) is 18.9 Å². The summed E-state index contributed by atoms with van der Waals surface area (Å²) in [4.78, 5) is 10.2. The molecule has 0 unspecified atom stereocenters. The molecule has 76 valence electrons. The first-order valence-electron chi connectivity index (χ1n) is 4.84. The molecule has 0 aromatic carbocycles. The van der Waals surface area contributed by atoms with Gasteiger partial charge in [0.1, 0.15) is 18.0 Å². The number of hydrogen-bond acceptors (Lipinski definition) is 5. The Bertz CT molecular complexity index is 306. The predicted molar refractivity (Wildman–Crippen MR) is 55.9 cm³/mol.